The zero-order chi connectivity index (χ0) is 19.2. The highest BCUT2D eigenvalue weighted by Crippen LogP contribution is 2.37. The van der Waals surface area contributed by atoms with Crippen molar-refractivity contribution < 1.29 is 14.3 Å². The molecule has 0 bridgehead atoms. The Hall–Kier alpha value is -2.01. The number of aliphatic hydroxyl groups is 1. The van der Waals surface area contributed by atoms with E-state index in [2.05, 4.69) is 45.0 Å². The van der Waals surface area contributed by atoms with Crippen LogP contribution in [0.15, 0.2) is 72.8 Å². The van der Waals surface area contributed by atoms with Crippen molar-refractivity contribution in [2.24, 2.45) is 0 Å². The van der Waals surface area contributed by atoms with Crippen LogP contribution in [0, 0.1) is 0 Å². The Morgan fingerprint density at radius 2 is 1.42 bits per heavy atom. The molecule has 0 aromatic heterocycles. The van der Waals surface area contributed by atoms with Gasteiger partial charge < -0.3 is 9.53 Å². The molecule has 26 heavy (non-hydrogen) atoms. The standard InChI is InChI=1S/C22H28O3Si/c1-18(21(24)16-11-17-23)25-26(22(2,3)4,19-12-7-5-8-13-19)20-14-9-6-10-15-20/h5-18,21,24H,1-4H3/b16-11+/t18-,21+/m0/s1. The summed E-state index contributed by atoms with van der Waals surface area (Å²) in [6.07, 6.45) is 2.17. The van der Waals surface area contributed by atoms with Gasteiger partial charge in [-0.05, 0) is 28.4 Å². The average molecular weight is 369 g/mol. The van der Waals surface area contributed by atoms with E-state index >= 15 is 0 Å². The lowest BCUT2D eigenvalue weighted by Gasteiger charge is -2.45. The Labute approximate surface area is 157 Å². The molecule has 0 saturated carbocycles. The maximum absolute atomic E-state index is 10.6. The second kappa shape index (κ2) is 8.58. The maximum atomic E-state index is 10.6. The molecule has 0 aliphatic rings. The van der Waals surface area contributed by atoms with Crippen LogP contribution in [0.25, 0.3) is 0 Å². The van der Waals surface area contributed by atoms with Gasteiger partial charge in [0.05, 0.1) is 12.2 Å². The van der Waals surface area contributed by atoms with Crippen LogP contribution in [0.1, 0.15) is 27.7 Å². The summed E-state index contributed by atoms with van der Waals surface area (Å²) in [5.41, 5.74) is 0. The fourth-order valence-corrected chi connectivity index (χ4v) is 8.07. The normalized spacial score (nSPS) is 15.0. The Bertz CT molecular complexity index is 681. The highest BCUT2D eigenvalue weighted by Gasteiger charge is 2.51. The molecule has 0 amide bonds. The minimum Gasteiger partial charge on any atom is -0.402 e. The highest BCUT2D eigenvalue weighted by molar-refractivity contribution is 6.99. The van der Waals surface area contributed by atoms with Crippen molar-refractivity contribution in [3.8, 4) is 0 Å². The fraction of sp³-hybridized carbons (Fsp3) is 0.318. The van der Waals surface area contributed by atoms with E-state index in [1.807, 2.05) is 43.3 Å². The van der Waals surface area contributed by atoms with Crippen molar-refractivity contribution in [2.75, 3.05) is 0 Å². The number of hydrogen-bond donors (Lipinski definition) is 1. The molecule has 2 aromatic carbocycles. The monoisotopic (exact) mass is 368 g/mol. The van der Waals surface area contributed by atoms with E-state index in [0.29, 0.717) is 6.29 Å². The number of aldehydes is 1. The quantitative estimate of drug-likeness (QED) is 0.464. The van der Waals surface area contributed by atoms with E-state index in [-0.39, 0.29) is 5.04 Å². The largest absolute Gasteiger partial charge is 0.402 e. The summed E-state index contributed by atoms with van der Waals surface area (Å²) in [5, 5.41) is 12.6. The summed E-state index contributed by atoms with van der Waals surface area (Å²) in [4.78, 5) is 10.6. The summed E-state index contributed by atoms with van der Waals surface area (Å²) in [6.45, 7) is 8.44. The summed E-state index contributed by atoms with van der Waals surface area (Å²) in [7, 11) is -2.70. The number of aliphatic hydroxyl groups excluding tert-OH is 1. The van der Waals surface area contributed by atoms with E-state index < -0.39 is 20.5 Å². The summed E-state index contributed by atoms with van der Waals surface area (Å²) >= 11 is 0. The molecule has 0 aliphatic carbocycles. The van der Waals surface area contributed by atoms with E-state index in [4.69, 9.17) is 4.43 Å². The number of carbonyl (C=O) groups excluding carboxylic acids is 1. The van der Waals surface area contributed by atoms with Crippen LogP contribution in [-0.2, 0) is 9.22 Å². The molecular formula is C22H28O3Si. The van der Waals surface area contributed by atoms with Crippen LogP contribution < -0.4 is 10.4 Å². The van der Waals surface area contributed by atoms with Crippen LogP contribution in [0.5, 0.6) is 0 Å². The summed E-state index contributed by atoms with van der Waals surface area (Å²) < 4.78 is 6.76. The molecule has 3 nitrogen and oxygen atoms in total. The third-order valence-corrected chi connectivity index (χ3v) is 9.78. The zero-order valence-corrected chi connectivity index (χ0v) is 16.9. The van der Waals surface area contributed by atoms with Gasteiger partial charge in [0, 0.05) is 0 Å². The SMILES string of the molecule is C[C@H](O[Si](c1ccccc1)(c1ccccc1)C(C)(C)C)[C@H](O)/C=C/C=O. The Morgan fingerprint density at radius 1 is 0.962 bits per heavy atom. The van der Waals surface area contributed by atoms with Crippen molar-refractivity contribution in [1.82, 2.24) is 0 Å². The molecule has 4 heteroatoms. The lowest BCUT2D eigenvalue weighted by Crippen LogP contribution is -2.68. The van der Waals surface area contributed by atoms with Crippen molar-refractivity contribution in [3.05, 3.63) is 72.8 Å². The molecule has 2 aromatic rings. The minimum absolute atomic E-state index is 0.155. The van der Waals surface area contributed by atoms with Crippen molar-refractivity contribution in [2.45, 2.75) is 44.9 Å². The Kier molecular flexibility index (Phi) is 6.70. The van der Waals surface area contributed by atoms with Crippen molar-refractivity contribution in [1.29, 1.82) is 0 Å². The molecule has 2 rings (SSSR count). The second-order valence-corrected chi connectivity index (χ2v) is 11.8. The number of benzene rings is 2. The molecule has 0 radical (unpaired) electrons. The number of rotatable bonds is 7. The lowest BCUT2D eigenvalue weighted by atomic mass is 10.2. The van der Waals surface area contributed by atoms with Gasteiger partial charge in [-0.25, -0.2) is 0 Å². The zero-order valence-electron chi connectivity index (χ0n) is 15.9. The van der Waals surface area contributed by atoms with Crippen molar-refractivity contribution >= 4 is 25.0 Å². The molecule has 0 heterocycles. The second-order valence-electron chi connectivity index (χ2n) is 7.50. The number of hydrogen-bond acceptors (Lipinski definition) is 3. The predicted octanol–water partition coefficient (Wildman–Crippen LogP) is 3.07. The first kappa shape index (κ1) is 20.3. The number of carbonyl (C=O) groups is 1. The topological polar surface area (TPSA) is 46.5 Å². The number of allylic oxidation sites excluding steroid dienone is 1. The van der Waals surface area contributed by atoms with Crippen molar-refractivity contribution in [3.63, 3.8) is 0 Å². The van der Waals surface area contributed by atoms with Gasteiger partial charge in [-0.15, -0.1) is 0 Å². The first-order valence-electron chi connectivity index (χ1n) is 8.92. The van der Waals surface area contributed by atoms with Crippen LogP contribution >= 0.6 is 0 Å². The van der Waals surface area contributed by atoms with Gasteiger partial charge in [0.2, 0.25) is 0 Å². The smallest absolute Gasteiger partial charge is 0.261 e. The molecular weight excluding hydrogens is 340 g/mol. The fourth-order valence-electron chi connectivity index (χ4n) is 3.36. The average Bonchev–Trinajstić information content (AvgIpc) is 2.64. The first-order valence-corrected chi connectivity index (χ1v) is 10.8. The molecule has 0 unspecified atom stereocenters. The molecule has 0 saturated heterocycles. The molecule has 138 valence electrons. The summed E-state index contributed by atoms with van der Waals surface area (Å²) in [6, 6.07) is 20.6. The predicted molar refractivity (Wildman–Crippen MR) is 109 cm³/mol. The van der Waals surface area contributed by atoms with Gasteiger partial charge in [-0.3, -0.25) is 4.79 Å². The van der Waals surface area contributed by atoms with Gasteiger partial charge in [-0.1, -0.05) is 87.5 Å². The van der Waals surface area contributed by atoms with E-state index in [1.54, 1.807) is 0 Å². The van der Waals surface area contributed by atoms with Crippen LogP contribution in [0.4, 0.5) is 0 Å². The molecule has 0 spiro atoms. The Balaban J connectivity index is 2.61. The van der Waals surface area contributed by atoms with E-state index in [9.17, 15) is 9.90 Å². The van der Waals surface area contributed by atoms with Crippen LogP contribution in [0.3, 0.4) is 0 Å². The van der Waals surface area contributed by atoms with Gasteiger partial charge in [0.25, 0.3) is 8.32 Å². The van der Waals surface area contributed by atoms with Crippen LogP contribution in [0.2, 0.25) is 5.04 Å². The molecule has 0 aliphatic heterocycles. The molecule has 1 N–H and O–H groups in total. The summed E-state index contributed by atoms with van der Waals surface area (Å²) in [5.74, 6) is 0. The lowest BCUT2D eigenvalue weighted by molar-refractivity contribution is -0.104. The Morgan fingerprint density at radius 3 is 1.81 bits per heavy atom. The molecule has 0 fully saturated rings. The van der Waals surface area contributed by atoms with Gasteiger partial charge >= 0.3 is 0 Å². The van der Waals surface area contributed by atoms with Gasteiger partial charge in [0.1, 0.15) is 6.29 Å². The van der Waals surface area contributed by atoms with E-state index in [0.717, 1.165) is 10.4 Å². The van der Waals surface area contributed by atoms with Gasteiger partial charge in [-0.2, -0.15) is 0 Å². The van der Waals surface area contributed by atoms with E-state index in [1.165, 1.54) is 12.2 Å². The van der Waals surface area contributed by atoms with Gasteiger partial charge in [0.15, 0.2) is 0 Å². The highest BCUT2D eigenvalue weighted by atomic mass is 28.4. The third-order valence-electron chi connectivity index (χ3n) is 4.65. The maximum Gasteiger partial charge on any atom is 0.261 e. The first-order chi connectivity index (χ1) is 12.3. The molecule has 2 atom stereocenters. The minimum atomic E-state index is -2.70. The van der Waals surface area contributed by atoms with Crippen LogP contribution in [-0.4, -0.2) is 31.9 Å². The third kappa shape index (κ3) is 4.21.